The molecule has 0 radical (unpaired) electrons. The summed E-state index contributed by atoms with van der Waals surface area (Å²) in [7, 11) is 1.74. The average molecular weight is 494 g/mol. The fourth-order valence-corrected chi connectivity index (χ4v) is 4.18. The standard InChI is InChI=1S/C25H27N5O6/c1-13(2)16-11-17(21(32)12-20(16)31)23-27-28-25(36)30(23)15-6-7-18-14(9-15)10-19(29(18)3)24(35)26-8-4-5-22(33)34/h6-7,9-13,31-32H,4-5,8H2,1-3H3,(H,26,35)(H,28,36)(H,33,34). The first-order valence-corrected chi connectivity index (χ1v) is 11.4. The molecule has 36 heavy (non-hydrogen) atoms. The molecule has 0 atom stereocenters. The number of aryl methyl sites for hydroxylation is 1. The van der Waals surface area contributed by atoms with Crippen molar-refractivity contribution in [1.82, 2.24) is 24.6 Å². The highest BCUT2D eigenvalue weighted by molar-refractivity contribution is 5.99. The lowest BCUT2D eigenvalue weighted by atomic mass is 9.98. The number of phenolic OH excluding ortho intramolecular Hbond substituents is 2. The van der Waals surface area contributed by atoms with Gasteiger partial charge in [0.1, 0.15) is 17.2 Å². The van der Waals surface area contributed by atoms with E-state index < -0.39 is 11.7 Å². The van der Waals surface area contributed by atoms with E-state index in [0.29, 0.717) is 28.8 Å². The number of rotatable bonds is 8. The zero-order valence-corrected chi connectivity index (χ0v) is 20.1. The van der Waals surface area contributed by atoms with E-state index >= 15 is 0 Å². The van der Waals surface area contributed by atoms with Gasteiger partial charge in [0, 0.05) is 37.0 Å². The van der Waals surface area contributed by atoms with Crippen LogP contribution in [-0.2, 0) is 11.8 Å². The third-order valence-corrected chi connectivity index (χ3v) is 6.05. The number of hydrogen-bond acceptors (Lipinski definition) is 6. The van der Waals surface area contributed by atoms with Crippen molar-refractivity contribution in [1.29, 1.82) is 0 Å². The molecule has 0 saturated heterocycles. The zero-order chi connectivity index (χ0) is 26.1. The van der Waals surface area contributed by atoms with Crippen molar-refractivity contribution in [2.75, 3.05) is 6.54 Å². The van der Waals surface area contributed by atoms with Crippen molar-refractivity contribution >= 4 is 22.8 Å². The van der Waals surface area contributed by atoms with Gasteiger partial charge in [0.05, 0.1) is 11.3 Å². The number of aromatic hydroxyl groups is 2. The highest BCUT2D eigenvalue weighted by Gasteiger charge is 2.20. The summed E-state index contributed by atoms with van der Waals surface area (Å²) in [6, 6.07) is 9.73. The number of carboxylic acid groups (broad SMARTS) is 1. The Morgan fingerprint density at radius 3 is 2.56 bits per heavy atom. The Morgan fingerprint density at radius 1 is 1.11 bits per heavy atom. The zero-order valence-electron chi connectivity index (χ0n) is 20.1. The fourth-order valence-electron chi connectivity index (χ4n) is 4.18. The topological polar surface area (TPSA) is 162 Å². The molecule has 0 unspecified atom stereocenters. The quantitative estimate of drug-likeness (QED) is 0.236. The molecule has 0 aliphatic rings. The predicted octanol–water partition coefficient (Wildman–Crippen LogP) is 2.85. The number of aromatic nitrogens is 4. The summed E-state index contributed by atoms with van der Waals surface area (Å²) in [5, 5.41) is 39.4. The summed E-state index contributed by atoms with van der Waals surface area (Å²) in [6.07, 6.45) is 0.291. The molecule has 1 amide bonds. The van der Waals surface area contributed by atoms with Crippen LogP contribution in [0.1, 0.15) is 48.7 Å². The van der Waals surface area contributed by atoms with Crippen molar-refractivity contribution < 1.29 is 24.9 Å². The summed E-state index contributed by atoms with van der Waals surface area (Å²) < 4.78 is 3.03. The summed E-state index contributed by atoms with van der Waals surface area (Å²) in [4.78, 5) is 36.0. The molecular formula is C25H27N5O6. The monoisotopic (exact) mass is 493 g/mol. The number of benzene rings is 2. The van der Waals surface area contributed by atoms with E-state index in [1.165, 1.54) is 10.6 Å². The van der Waals surface area contributed by atoms with Crippen LogP contribution in [0.4, 0.5) is 0 Å². The SMILES string of the molecule is CC(C)c1cc(-c2n[nH]c(=O)n2-c2ccc3c(c2)cc(C(=O)NCCCC(=O)O)n3C)c(O)cc1O. The first-order valence-electron chi connectivity index (χ1n) is 11.4. The van der Waals surface area contributed by atoms with Gasteiger partial charge in [0.25, 0.3) is 5.91 Å². The number of carbonyl (C=O) groups is 2. The first-order chi connectivity index (χ1) is 17.1. The predicted molar refractivity (Wildman–Crippen MR) is 133 cm³/mol. The number of H-pyrrole nitrogens is 1. The van der Waals surface area contributed by atoms with Crippen LogP contribution in [0.2, 0.25) is 0 Å². The molecule has 0 aliphatic carbocycles. The van der Waals surface area contributed by atoms with E-state index in [4.69, 9.17) is 5.11 Å². The van der Waals surface area contributed by atoms with Crippen LogP contribution in [0.3, 0.4) is 0 Å². The number of nitrogens with zero attached hydrogens (tertiary/aromatic N) is 3. The third-order valence-electron chi connectivity index (χ3n) is 6.05. The van der Waals surface area contributed by atoms with Gasteiger partial charge >= 0.3 is 11.7 Å². The van der Waals surface area contributed by atoms with Crippen LogP contribution in [0, 0.1) is 0 Å². The largest absolute Gasteiger partial charge is 0.508 e. The molecule has 0 aliphatic heterocycles. The van der Waals surface area contributed by atoms with Gasteiger partial charge in [-0.15, -0.1) is 0 Å². The van der Waals surface area contributed by atoms with Crippen molar-refractivity contribution in [3.8, 4) is 28.6 Å². The minimum atomic E-state index is -0.920. The van der Waals surface area contributed by atoms with Crippen LogP contribution in [0.5, 0.6) is 11.5 Å². The minimum absolute atomic E-state index is 0.0298. The maximum atomic E-state index is 12.7. The molecule has 0 fully saturated rings. The second-order valence-corrected chi connectivity index (χ2v) is 8.86. The molecule has 4 rings (SSSR count). The Bertz CT molecular complexity index is 1530. The Labute approximate surface area is 205 Å². The number of aliphatic carboxylic acids is 1. The van der Waals surface area contributed by atoms with Gasteiger partial charge in [-0.25, -0.2) is 14.5 Å². The number of carbonyl (C=O) groups excluding carboxylic acids is 1. The lowest BCUT2D eigenvalue weighted by Gasteiger charge is -2.13. The minimum Gasteiger partial charge on any atom is -0.508 e. The maximum Gasteiger partial charge on any atom is 0.348 e. The summed E-state index contributed by atoms with van der Waals surface area (Å²) in [5.41, 5.74) is 1.97. The van der Waals surface area contributed by atoms with Gasteiger partial charge in [0.2, 0.25) is 0 Å². The molecule has 0 spiro atoms. The van der Waals surface area contributed by atoms with Crippen LogP contribution in [0.15, 0.2) is 41.2 Å². The Balaban J connectivity index is 1.72. The third kappa shape index (κ3) is 4.54. The van der Waals surface area contributed by atoms with Gasteiger partial charge in [-0.1, -0.05) is 13.8 Å². The number of hydrogen-bond donors (Lipinski definition) is 5. The Kier molecular flexibility index (Phi) is 6.56. The van der Waals surface area contributed by atoms with Crippen LogP contribution < -0.4 is 11.0 Å². The number of fused-ring (bicyclic) bond motifs is 1. The smallest absolute Gasteiger partial charge is 0.348 e. The first kappa shape index (κ1) is 24.6. The highest BCUT2D eigenvalue weighted by atomic mass is 16.4. The molecule has 2 aromatic heterocycles. The van der Waals surface area contributed by atoms with E-state index in [0.717, 1.165) is 5.52 Å². The summed E-state index contributed by atoms with van der Waals surface area (Å²) in [5.74, 6) is -1.38. The van der Waals surface area contributed by atoms with Gasteiger partial charge in [-0.05, 0) is 48.2 Å². The average Bonchev–Trinajstić information content (AvgIpc) is 3.35. The van der Waals surface area contributed by atoms with Gasteiger partial charge < -0.3 is 25.2 Å². The number of aromatic amines is 1. The van der Waals surface area contributed by atoms with Crippen LogP contribution in [0.25, 0.3) is 28.0 Å². The molecule has 2 heterocycles. The second-order valence-electron chi connectivity index (χ2n) is 8.86. The number of amides is 1. The molecule has 0 saturated carbocycles. The van der Waals surface area contributed by atoms with Crippen LogP contribution in [-0.4, -0.2) is 53.1 Å². The highest BCUT2D eigenvalue weighted by Crippen LogP contribution is 2.37. The second kappa shape index (κ2) is 9.61. The fraction of sp³-hybridized carbons (Fsp3) is 0.280. The van der Waals surface area contributed by atoms with E-state index in [1.807, 2.05) is 13.8 Å². The summed E-state index contributed by atoms with van der Waals surface area (Å²) in [6.45, 7) is 4.04. The van der Waals surface area contributed by atoms with E-state index in [1.54, 1.807) is 41.9 Å². The Hall–Kier alpha value is -4.54. The van der Waals surface area contributed by atoms with Crippen molar-refractivity contribution in [3.63, 3.8) is 0 Å². The van der Waals surface area contributed by atoms with Crippen molar-refractivity contribution in [2.45, 2.75) is 32.6 Å². The van der Waals surface area contributed by atoms with E-state index in [2.05, 4.69) is 15.5 Å². The van der Waals surface area contributed by atoms with Crippen LogP contribution >= 0.6 is 0 Å². The summed E-state index contributed by atoms with van der Waals surface area (Å²) >= 11 is 0. The molecule has 5 N–H and O–H groups in total. The normalized spacial score (nSPS) is 11.3. The lowest BCUT2D eigenvalue weighted by molar-refractivity contribution is -0.137. The lowest BCUT2D eigenvalue weighted by Crippen LogP contribution is -2.26. The van der Waals surface area contributed by atoms with E-state index in [-0.39, 0.29) is 47.7 Å². The number of carboxylic acids is 1. The molecule has 0 bridgehead atoms. The number of nitrogens with one attached hydrogen (secondary N) is 2. The van der Waals surface area contributed by atoms with Gasteiger partial charge in [-0.3, -0.25) is 9.59 Å². The van der Waals surface area contributed by atoms with Gasteiger partial charge in [0.15, 0.2) is 5.82 Å². The maximum absolute atomic E-state index is 12.7. The van der Waals surface area contributed by atoms with Crippen molar-refractivity contribution in [3.05, 3.63) is 58.1 Å². The molecule has 2 aromatic carbocycles. The molecule has 4 aromatic rings. The van der Waals surface area contributed by atoms with Crippen molar-refractivity contribution in [2.24, 2.45) is 7.05 Å². The van der Waals surface area contributed by atoms with Gasteiger partial charge in [-0.2, -0.15) is 5.10 Å². The van der Waals surface area contributed by atoms with E-state index in [9.17, 15) is 24.6 Å². The Morgan fingerprint density at radius 2 is 1.86 bits per heavy atom. The molecule has 11 nitrogen and oxygen atoms in total. The molecule has 188 valence electrons. The number of phenols is 2. The molecular weight excluding hydrogens is 466 g/mol. The molecule has 11 heteroatoms.